The van der Waals surface area contributed by atoms with Gasteiger partial charge >= 0.3 is 0 Å². The third-order valence-electron chi connectivity index (χ3n) is 15.3. The molecule has 0 aliphatic rings. The fourth-order valence-electron chi connectivity index (χ4n) is 12.3. The molecule has 4 heterocycles. The molecule has 11 aromatic carbocycles. The number of rotatable bonds is 5. The second-order valence-electron chi connectivity index (χ2n) is 18.9. The summed E-state index contributed by atoms with van der Waals surface area (Å²) in [7, 11) is 0. The fourth-order valence-corrected chi connectivity index (χ4v) is 12.3. The van der Waals surface area contributed by atoms with Crippen molar-refractivity contribution in [3.63, 3.8) is 0 Å². The van der Waals surface area contributed by atoms with Crippen LogP contribution in [0.5, 0.6) is 0 Å². The Labute approximate surface area is 423 Å². The van der Waals surface area contributed by atoms with Gasteiger partial charge in [-0.25, -0.2) is 0 Å². The molecule has 0 amide bonds. The quantitative estimate of drug-likeness (QED) is 0.172. The first-order valence-corrected chi connectivity index (χ1v) is 24.6. The summed E-state index contributed by atoms with van der Waals surface area (Å²) in [5, 5.41) is 45.4. The van der Waals surface area contributed by atoms with Crippen LogP contribution in [0.4, 0.5) is 0 Å². The highest BCUT2D eigenvalue weighted by molar-refractivity contribution is 6.22. The molecule has 7 heteroatoms. The van der Waals surface area contributed by atoms with Crippen molar-refractivity contribution < 1.29 is 0 Å². The van der Waals surface area contributed by atoms with Crippen LogP contribution >= 0.6 is 0 Å². The second kappa shape index (κ2) is 15.7. The molecule has 4 aromatic heterocycles. The molecule has 0 unspecified atom stereocenters. The van der Waals surface area contributed by atoms with Crippen molar-refractivity contribution in [3.8, 4) is 52.1 Å². The predicted octanol–water partition coefficient (Wildman–Crippen LogP) is 16.5. The van der Waals surface area contributed by atoms with E-state index in [0.29, 0.717) is 39.3 Å². The Morgan fingerprint density at radius 3 is 1.16 bits per heavy atom. The van der Waals surface area contributed by atoms with Gasteiger partial charge in [0, 0.05) is 54.3 Å². The van der Waals surface area contributed by atoms with Crippen LogP contribution in [0.15, 0.2) is 224 Å². The van der Waals surface area contributed by atoms with E-state index in [4.69, 9.17) is 0 Å². The van der Waals surface area contributed by atoms with Gasteiger partial charge in [-0.2, -0.15) is 15.8 Å². The molecule has 340 valence electrons. The topological polar surface area (TPSA) is 91.1 Å². The lowest BCUT2D eigenvalue weighted by atomic mass is 9.91. The normalized spacial score (nSPS) is 11.7. The number of aromatic nitrogens is 4. The van der Waals surface area contributed by atoms with E-state index in [1.807, 2.05) is 78.9 Å². The maximum atomic E-state index is 12.2. The van der Waals surface area contributed by atoms with Crippen molar-refractivity contribution in [2.75, 3.05) is 0 Å². The Hall–Kier alpha value is -10.7. The molecule has 0 N–H and O–H groups in total. The van der Waals surface area contributed by atoms with E-state index in [0.717, 1.165) is 87.7 Å². The van der Waals surface area contributed by atoms with Crippen molar-refractivity contribution >= 4 is 98.0 Å². The van der Waals surface area contributed by atoms with Crippen LogP contribution in [0.25, 0.3) is 132 Å². The summed E-state index contributed by atoms with van der Waals surface area (Å²) in [6, 6.07) is 85.2. The number of nitriles is 3. The van der Waals surface area contributed by atoms with Gasteiger partial charge < -0.3 is 18.3 Å². The van der Waals surface area contributed by atoms with Crippen molar-refractivity contribution in [2.24, 2.45) is 0 Å². The van der Waals surface area contributed by atoms with E-state index >= 15 is 0 Å². The first kappa shape index (κ1) is 41.2. The highest BCUT2D eigenvalue weighted by Crippen LogP contribution is 2.49. The Bertz CT molecular complexity index is 4800. The van der Waals surface area contributed by atoms with E-state index in [9.17, 15) is 15.8 Å². The molecule has 15 rings (SSSR count). The third kappa shape index (κ3) is 5.57. The zero-order valence-electron chi connectivity index (χ0n) is 39.5. The number of nitrogens with zero attached hydrogens (tertiary/aromatic N) is 7. The van der Waals surface area contributed by atoms with E-state index < -0.39 is 0 Å². The number of hydrogen-bond acceptors (Lipinski definition) is 3. The Kier molecular flexibility index (Phi) is 8.72. The molecule has 0 aliphatic carbocycles. The molecule has 0 saturated carbocycles. The zero-order chi connectivity index (χ0) is 49.2. The molecule has 0 atom stereocenters. The lowest BCUT2D eigenvalue weighted by molar-refractivity contribution is 1.08. The van der Waals surface area contributed by atoms with Crippen LogP contribution in [-0.4, -0.2) is 18.3 Å². The summed E-state index contributed by atoms with van der Waals surface area (Å²) in [6.07, 6.45) is 0. The smallest absolute Gasteiger partial charge is 0.104 e. The first-order valence-electron chi connectivity index (χ1n) is 24.6. The molecule has 0 spiro atoms. The van der Waals surface area contributed by atoms with Crippen LogP contribution < -0.4 is 0 Å². The number of hydrogen-bond donors (Lipinski definition) is 0. The zero-order valence-corrected chi connectivity index (χ0v) is 39.5. The minimum absolute atomic E-state index is 0.331. The highest BCUT2D eigenvalue weighted by Gasteiger charge is 2.33. The van der Waals surface area contributed by atoms with Gasteiger partial charge in [0.15, 0.2) is 0 Å². The molecule has 15 aromatic rings. The van der Waals surface area contributed by atoms with Crippen LogP contribution in [0.2, 0.25) is 0 Å². The average Bonchev–Trinajstić information content (AvgIpc) is 4.25. The predicted molar refractivity (Wildman–Crippen MR) is 301 cm³/mol. The third-order valence-corrected chi connectivity index (χ3v) is 15.3. The Morgan fingerprint density at radius 1 is 0.284 bits per heavy atom. The van der Waals surface area contributed by atoms with E-state index in [1.165, 1.54) is 21.5 Å². The van der Waals surface area contributed by atoms with Crippen molar-refractivity contribution in [2.45, 2.75) is 0 Å². The van der Waals surface area contributed by atoms with Gasteiger partial charge in [0.25, 0.3) is 0 Å². The van der Waals surface area contributed by atoms with Gasteiger partial charge in [-0.05, 0) is 89.1 Å². The minimum Gasteiger partial charge on any atom is -0.309 e. The van der Waals surface area contributed by atoms with E-state index in [1.54, 1.807) is 0 Å². The number of fused-ring (bicyclic) bond motifs is 14. The molecule has 74 heavy (non-hydrogen) atoms. The SMILES string of the molecule is N#Cc1ccc(-c2c(-n3c4ccccc4c4ccccc43)c(C#N)c(-n3c4ccccc4c4cc(-n5c6ccccc6c6c7ccccc7ccc65)ccc43)c(C#N)c2-n2c3ccccc3c3ccccc32)cc1. The van der Waals surface area contributed by atoms with Crippen LogP contribution in [0.1, 0.15) is 16.7 Å². The summed E-state index contributed by atoms with van der Waals surface area (Å²) in [5.41, 5.74) is 12.9. The molecule has 0 radical (unpaired) electrons. The van der Waals surface area contributed by atoms with Gasteiger partial charge in [-0.1, -0.05) is 152 Å². The van der Waals surface area contributed by atoms with Gasteiger partial charge in [0.1, 0.15) is 23.3 Å². The van der Waals surface area contributed by atoms with Crippen LogP contribution in [0.3, 0.4) is 0 Å². The summed E-state index contributed by atoms with van der Waals surface area (Å²) < 4.78 is 8.95. The van der Waals surface area contributed by atoms with Crippen molar-refractivity contribution in [1.29, 1.82) is 15.8 Å². The molecular weight excluding hydrogens is 903 g/mol. The summed E-state index contributed by atoms with van der Waals surface area (Å²) in [5.74, 6) is 0. The average molecular weight is 940 g/mol. The van der Waals surface area contributed by atoms with Gasteiger partial charge in [-0.3, -0.25) is 0 Å². The molecule has 0 aliphatic heterocycles. The molecule has 7 nitrogen and oxygen atoms in total. The summed E-state index contributed by atoms with van der Waals surface area (Å²) >= 11 is 0. The maximum absolute atomic E-state index is 12.2. The number of benzene rings is 11. The van der Waals surface area contributed by atoms with Crippen molar-refractivity contribution in [3.05, 3.63) is 241 Å². The second-order valence-corrected chi connectivity index (χ2v) is 18.9. The van der Waals surface area contributed by atoms with Gasteiger partial charge in [-0.15, -0.1) is 0 Å². The van der Waals surface area contributed by atoms with E-state index in [2.05, 4.69) is 182 Å². The Morgan fingerprint density at radius 2 is 0.676 bits per heavy atom. The summed E-state index contributed by atoms with van der Waals surface area (Å²) in [4.78, 5) is 0. The fraction of sp³-hybridized carbons (Fsp3) is 0. The molecule has 0 fully saturated rings. The Balaban J connectivity index is 1.15. The molecule has 0 saturated heterocycles. The van der Waals surface area contributed by atoms with Crippen LogP contribution in [0, 0.1) is 34.0 Å². The van der Waals surface area contributed by atoms with E-state index in [-0.39, 0.29) is 0 Å². The summed E-state index contributed by atoms with van der Waals surface area (Å²) in [6.45, 7) is 0. The first-order chi connectivity index (χ1) is 36.6. The molecular formula is C67H37N7. The largest absolute Gasteiger partial charge is 0.309 e. The van der Waals surface area contributed by atoms with Crippen molar-refractivity contribution in [1.82, 2.24) is 18.3 Å². The lowest BCUT2D eigenvalue weighted by Gasteiger charge is -2.26. The minimum atomic E-state index is 0.331. The van der Waals surface area contributed by atoms with Crippen LogP contribution in [-0.2, 0) is 0 Å². The molecule has 0 bridgehead atoms. The maximum Gasteiger partial charge on any atom is 0.104 e. The van der Waals surface area contributed by atoms with Gasteiger partial charge in [0.05, 0.1) is 72.8 Å². The number of para-hydroxylation sites is 6. The highest BCUT2D eigenvalue weighted by atomic mass is 15.1. The van der Waals surface area contributed by atoms with Gasteiger partial charge in [0.2, 0.25) is 0 Å². The lowest BCUT2D eigenvalue weighted by Crippen LogP contribution is -2.14. The monoisotopic (exact) mass is 939 g/mol. The standard InChI is InChI=1S/C67H37N7/c68-38-41-29-31-43(32-30-41)63-66(73-55-23-9-3-17-46(55)47-18-4-10-24-56(47)73)53(39-69)65(54(40-70)67(63)74-57-25-11-5-19-48(57)49-20-6-12-26-58(49)74)72-59-27-13-7-21-50(59)52-37-44(34-36-61(52)72)71-60-28-14-8-22-51(60)64-45-16-2-1-15-42(45)33-35-62(64)71/h1-37H.